The Morgan fingerprint density at radius 3 is 2.44 bits per heavy atom. The highest BCUT2D eigenvalue weighted by Gasteiger charge is 2.17. The summed E-state index contributed by atoms with van der Waals surface area (Å²) in [5, 5.41) is 0. The van der Waals surface area contributed by atoms with E-state index >= 15 is 0 Å². The Balaban J connectivity index is 0.00000137. The van der Waals surface area contributed by atoms with Gasteiger partial charge in [0.2, 0.25) is 0 Å². The monoisotopic (exact) mass is 256 g/mol. The van der Waals surface area contributed by atoms with Crippen molar-refractivity contribution in [2.24, 2.45) is 0 Å². The molecule has 0 amide bonds. The molecule has 0 saturated heterocycles. The molecule has 1 rings (SSSR count). The van der Waals surface area contributed by atoms with Crippen LogP contribution in [-0.4, -0.2) is 26.0 Å². The molecule has 0 aliphatic heterocycles. The van der Waals surface area contributed by atoms with E-state index in [1.807, 2.05) is 39.8 Å². The fourth-order valence-electron chi connectivity index (χ4n) is 1.17. The van der Waals surface area contributed by atoms with E-state index in [0.717, 1.165) is 5.76 Å². The summed E-state index contributed by atoms with van der Waals surface area (Å²) >= 11 is 0. The second-order valence-electron chi connectivity index (χ2n) is 4.34. The Morgan fingerprint density at radius 1 is 1.22 bits per heavy atom. The van der Waals surface area contributed by atoms with Crippen LogP contribution >= 0.6 is 0 Å². The smallest absolute Gasteiger partial charge is 0.117 e. The molecule has 0 radical (unpaired) electrons. The standard InChI is InChI=1S/C13H19FO2.C2H6/c1-13(2,15-3)10-16-12-6-4-5-11(9-14)7-8-12;1-2/h5-8H,4,9-10H2,1-3H3;1-2H3. The van der Waals surface area contributed by atoms with Gasteiger partial charge >= 0.3 is 0 Å². The van der Waals surface area contributed by atoms with Crippen LogP contribution in [-0.2, 0) is 9.47 Å². The van der Waals surface area contributed by atoms with Crippen molar-refractivity contribution in [3.05, 3.63) is 35.6 Å². The molecule has 0 aromatic rings. The largest absolute Gasteiger partial charge is 0.491 e. The van der Waals surface area contributed by atoms with Crippen LogP contribution < -0.4 is 0 Å². The number of hydrogen-bond donors (Lipinski definition) is 0. The fourth-order valence-corrected chi connectivity index (χ4v) is 1.17. The Labute approximate surface area is 110 Å². The first kappa shape index (κ1) is 16.9. The van der Waals surface area contributed by atoms with Crippen LogP contribution in [0.2, 0.25) is 0 Å². The van der Waals surface area contributed by atoms with Crippen molar-refractivity contribution >= 4 is 0 Å². The van der Waals surface area contributed by atoms with Gasteiger partial charge < -0.3 is 9.47 Å². The van der Waals surface area contributed by atoms with E-state index in [-0.39, 0.29) is 5.60 Å². The lowest BCUT2D eigenvalue weighted by atomic mass is 10.1. The highest BCUT2D eigenvalue weighted by Crippen LogP contribution is 2.15. The summed E-state index contributed by atoms with van der Waals surface area (Å²) in [6.45, 7) is 7.96. The third kappa shape index (κ3) is 6.60. The van der Waals surface area contributed by atoms with Crippen molar-refractivity contribution in [3.8, 4) is 0 Å². The van der Waals surface area contributed by atoms with Gasteiger partial charge in [0.1, 0.15) is 19.0 Å². The average Bonchev–Trinajstić information content (AvgIpc) is 2.64. The summed E-state index contributed by atoms with van der Waals surface area (Å²) in [6.07, 6.45) is 8.04. The third-order valence-corrected chi connectivity index (χ3v) is 2.45. The topological polar surface area (TPSA) is 18.5 Å². The van der Waals surface area contributed by atoms with Crippen molar-refractivity contribution in [2.75, 3.05) is 20.4 Å². The molecular formula is C15H25FO2. The van der Waals surface area contributed by atoms with Gasteiger partial charge in [-0.3, -0.25) is 0 Å². The van der Waals surface area contributed by atoms with Crippen LogP contribution in [0.4, 0.5) is 4.39 Å². The quantitative estimate of drug-likeness (QED) is 0.734. The van der Waals surface area contributed by atoms with Gasteiger partial charge in [-0.05, 0) is 38.0 Å². The molecule has 2 nitrogen and oxygen atoms in total. The number of methoxy groups -OCH3 is 1. The second kappa shape index (κ2) is 8.92. The summed E-state index contributed by atoms with van der Waals surface area (Å²) in [4.78, 5) is 0. The molecule has 104 valence electrons. The van der Waals surface area contributed by atoms with Gasteiger partial charge in [0.05, 0.1) is 5.60 Å². The molecule has 0 N–H and O–H groups in total. The van der Waals surface area contributed by atoms with E-state index in [9.17, 15) is 4.39 Å². The minimum atomic E-state index is -0.429. The predicted octanol–water partition coefficient (Wildman–Crippen LogP) is 4.19. The molecule has 1 aliphatic carbocycles. The normalized spacial score (nSPS) is 15.0. The minimum Gasteiger partial charge on any atom is -0.491 e. The number of rotatable bonds is 5. The van der Waals surface area contributed by atoms with Gasteiger partial charge in [0.15, 0.2) is 0 Å². The number of halogens is 1. The number of hydrogen-bond acceptors (Lipinski definition) is 2. The van der Waals surface area contributed by atoms with Gasteiger partial charge in [-0.25, -0.2) is 4.39 Å². The molecule has 0 saturated carbocycles. The zero-order valence-corrected chi connectivity index (χ0v) is 12.1. The van der Waals surface area contributed by atoms with Crippen LogP contribution in [0.25, 0.3) is 0 Å². The first-order chi connectivity index (χ1) is 8.57. The van der Waals surface area contributed by atoms with Crippen LogP contribution in [0, 0.1) is 0 Å². The van der Waals surface area contributed by atoms with E-state index in [1.54, 1.807) is 19.3 Å². The van der Waals surface area contributed by atoms with Crippen LogP contribution in [0.3, 0.4) is 0 Å². The summed E-state index contributed by atoms with van der Waals surface area (Å²) in [5.41, 5.74) is 0.387. The second-order valence-corrected chi connectivity index (χ2v) is 4.34. The van der Waals surface area contributed by atoms with Crippen molar-refractivity contribution in [1.82, 2.24) is 0 Å². The van der Waals surface area contributed by atoms with Gasteiger partial charge in [0, 0.05) is 7.11 Å². The van der Waals surface area contributed by atoms with Gasteiger partial charge in [0.25, 0.3) is 0 Å². The minimum absolute atomic E-state index is 0.308. The molecule has 0 heterocycles. The van der Waals surface area contributed by atoms with E-state index in [1.165, 1.54) is 0 Å². The maximum Gasteiger partial charge on any atom is 0.117 e. The lowest BCUT2D eigenvalue weighted by Gasteiger charge is -2.23. The summed E-state index contributed by atoms with van der Waals surface area (Å²) < 4.78 is 23.3. The predicted molar refractivity (Wildman–Crippen MR) is 74.3 cm³/mol. The van der Waals surface area contributed by atoms with E-state index in [0.29, 0.717) is 18.6 Å². The average molecular weight is 256 g/mol. The number of ether oxygens (including phenoxy) is 2. The Hall–Kier alpha value is -1.09. The molecule has 0 bridgehead atoms. The first-order valence-corrected chi connectivity index (χ1v) is 6.38. The Bertz CT molecular complexity index is 314. The molecule has 3 heteroatoms. The molecule has 0 spiro atoms. The van der Waals surface area contributed by atoms with Crippen molar-refractivity contribution < 1.29 is 13.9 Å². The lowest BCUT2D eigenvalue weighted by molar-refractivity contribution is -0.0313. The Morgan fingerprint density at radius 2 is 1.89 bits per heavy atom. The maximum absolute atomic E-state index is 12.4. The van der Waals surface area contributed by atoms with Crippen molar-refractivity contribution in [1.29, 1.82) is 0 Å². The SMILES string of the molecule is CC.COC(C)(C)COC1=CCC=C(CF)C=C1. The third-order valence-electron chi connectivity index (χ3n) is 2.45. The summed E-state index contributed by atoms with van der Waals surface area (Å²) in [7, 11) is 1.66. The van der Waals surface area contributed by atoms with E-state index < -0.39 is 6.67 Å². The zero-order chi connectivity index (χ0) is 14.0. The van der Waals surface area contributed by atoms with Gasteiger partial charge in [-0.2, -0.15) is 0 Å². The lowest BCUT2D eigenvalue weighted by Crippen LogP contribution is -2.28. The Kier molecular flexibility index (Phi) is 8.38. The molecular weight excluding hydrogens is 231 g/mol. The maximum atomic E-state index is 12.4. The fraction of sp³-hybridized carbons (Fsp3) is 0.600. The van der Waals surface area contributed by atoms with E-state index in [4.69, 9.17) is 9.47 Å². The first-order valence-electron chi connectivity index (χ1n) is 6.38. The molecule has 18 heavy (non-hydrogen) atoms. The van der Waals surface area contributed by atoms with Crippen molar-refractivity contribution in [3.63, 3.8) is 0 Å². The van der Waals surface area contributed by atoms with Crippen LogP contribution in [0.5, 0.6) is 0 Å². The molecule has 0 fully saturated rings. The zero-order valence-electron chi connectivity index (χ0n) is 12.1. The van der Waals surface area contributed by atoms with Gasteiger partial charge in [-0.15, -0.1) is 0 Å². The van der Waals surface area contributed by atoms with E-state index in [2.05, 4.69) is 0 Å². The molecule has 0 unspecified atom stereocenters. The van der Waals surface area contributed by atoms with Crippen molar-refractivity contribution in [2.45, 2.75) is 39.7 Å². The molecule has 0 aromatic carbocycles. The summed E-state index contributed by atoms with van der Waals surface area (Å²) in [5.74, 6) is 0.768. The molecule has 0 atom stereocenters. The number of alkyl halides is 1. The summed E-state index contributed by atoms with van der Waals surface area (Å²) in [6, 6.07) is 0. The highest BCUT2D eigenvalue weighted by atomic mass is 19.1. The highest BCUT2D eigenvalue weighted by molar-refractivity contribution is 5.29. The van der Waals surface area contributed by atoms with Crippen LogP contribution in [0.1, 0.15) is 34.1 Å². The number of allylic oxidation sites excluding steroid dienone is 5. The van der Waals surface area contributed by atoms with Crippen LogP contribution in [0.15, 0.2) is 35.6 Å². The molecule has 0 aromatic heterocycles. The molecule has 1 aliphatic rings. The van der Waals surface area contributed by atoms with Gasteiger partial charge in [-0.1, -0.05) is 26.0 Å².